The Morgan fingerprint density at radius 2 is 1.71 bits per heavy atom. The first-order valence-electron chi connectivity index (χ1n) is 8.81. The standard InChI is InChI=1S/C19H32N4O/c1-14-11-15(2)18(16(3)12-14)13-19(24)23(21(5)6)17-7-9-22(20-4)10-8-17/h11-12,17,20H,7-10,13H2,1-6H3. The number of carbonyl (C=O) groups is 1. The second-order valence-corrected chi connectivity index (χ2v) is 7.08. The number of hydrazine groups is 2. The second kappa shape index (κ2) is 8.10. The van der Waals surface area contributed by atoms with Crippen LogP contribution in [0, 0.1) is 20.8 Å². The van der Waals surface area contributed by atoms with Crippen LogP contribution in [-0.2, 0) is 11.2 Å². The number of amides is 1. The molecule has 1 fully saturated rings. The van der Waals surface area contributed by atoms with Crippen molar-refractivity contribution in [2.24, 2.45) is 0 Å². The summed E-state index contributed by atoms with van der Waals surface area (Å²) in [6.07, 6.45) is 2.47. The molecule has 1 heterocycles. The molecule has 0 radical (unpaired) electrons. The van der Waals surface area contributed by atoms with Crippen molar-refractivity contribution in [1.82, 2.24) is 20.5 Å². The van der Waals surface area contributed by atoms with E-state index in [1.54, 1.807) is 0 Å². The van der Waals surface area contributed by atoms with E-state index in [0.29, 0.717) is 6.42 Å². The molecule has 1 N–H and O–H groups in total. The van der Waals surface area contributed by atoms with Gasteiger partial charge in [-0.3, -0.25) is 15.2 Å². The van der Waals surface area contributed by atoms with Gasteiger partial charge in [-0.05, 0) is 57.4 Å². The van der Waals surface area contributed by atoms with Crippen molar-refractivity contribution in [3.8, 4) is 0 Å². The molecule has 0 atom stereocenters. The molecule has 0 aromatic heterocycles. The average molecular weight is 332 g/mol. The van der Waals surface area contributed by atoms with Crippen LogP contribution < -0.4 is 5.43 Å². The van der Waals surface area contributed by atoms with Crippen molar-refractivity contribution in [2.45, 2.75) is 46.1 Å². The topological polar surface area (TPSA) is 38.8 Å². The van der Waals surface area contributed by atoms with Crippen molar-refractivity contribution < 1.29 is 4.79 Å². The quantitative estimate of drug-likeness (QED) is 0.838. The number of carbonyl (C=O) groups excluding carboxylic acids is 1. The molecule has 5 nitrogen and oxygen atoms in total. The summed E-state index contributed by atoms with van der Waals surface area (Å²) in [6, 6.07) is 4.62. The lowest BCUT2D eigenvalue weighted by atomic mass is 9.96. The number of rotatable bonds is 5. The summed E-state index contributed by atoms with van der Waals surface area (Å²) in [5, 5.41) is 6.13. The minimum absolute atomic E-state index is 0.193. The molecule has 1 saturated heterocycles. The zero-order chi connectivity index (χ0) is 17.9. The van der Waals surface area contributed by atoms with Gasteiger partial charge in [0, 0.05) is 27.2 Å². The Morgan fingerprint density at radius 3 is 2.17 bits per heavy atom. The predicted molar refractivity (Wildman–Crippen MR) is 98.5 cm³/mol. The second-order valence-electron chi connectivity index (χ2n) is 7.08. The van der Waals surface area contributed by atoms with Crippen LogP contribution in [0.4, 0.5) is 0 Å². The largest absolute Gasteiger partial charge is 0.273 e. The average Bonchev–Trinajstić information content (AvgIpc) is 2.51. The molecule has 2 rings (SSSR count). The zero-order valence-corrected chi connectivity index (χ0v) is 16.0. The van der Waals surface area contributed by atoms with E-state index in [0.717, 1.165) is 25.9 Å². The summed E-state index contributed by atoms with van der Waals surface area (Å²) < 4.78 is 0. The SMILES string of the molecule is CNN1CCC(N(C(=O)Cc2c(C)cc(C)cc2C)N(C)C)CC1. The highest BCUT2D eigenvalue weighted by Gasteiger charge is 2.29. The van der Waals surface area contributed by atoms with E-state index in [4.69, 9.17) is 0 Å². The van der Waals surface area contributed by atoms with E-state index in [-0.39, 0.29) is 11.9 Å². The van der Waals surface area contributed by atoms with Crippen LogP contribution in [0.25, 0.3) is 0 Å². The fourth-order valence-corrected chi connectivity index (χ4v) is 3.81. The molecule has 0 bridgehead atoms. The molecule has 5 heteroatoms. The molecular formula is C19H32N4O. The van der Waals surface area contributed by atoms with Crippen LogP contribution in [0.5, 0.6) is 0 Å². The summed E-state index contributed by atoms with van der Waals surface area (Å²) >= 11 is 0. The van der Waals surface area contributed by atoms with Gasteiger partial charge in [0.25, 0.3) is 0 Å². The zero-order valence-electron chi connectivity index (χ0n) is 16.0. The molecule has 1 aromatic rings. The molecule has 24 heavy (non-hydrogen) atoms. The van der Waals surface area contributed by atoms with Gasteiger partial charge in [-0.25, -0.2) is 10.0 Å². The van der Waals surface area contributed by atoms with Gasteiger partial charge >= 0.3 is 0 Å². The van der Waals surface area contributed by atoms with Gasteiger partial charge < -0.3 is 0 Å². The van der Waals surface area contributed by atoms with E-state index < -0.39 is 0 Å². The van der Waals surface area contributed by atoms with Crippen molar-refractivity contribution >= 4 is 5.91 Å². The van der Waals surface area contributed by atoms with Gasteiger partial charge in [0.1, 0.15) is 0 Å². The van der Waals surface area contributed by atoms with Gasteiger partial charge in [-0.15, -0.1) is 0 Å². The van der Waals surface area contributed by atoms with E-state index in [1.165, 1.54) is 22.3 Å². The lowest BCUT2D eigenvalue weighted by Gasteiger charge is -2.41. The number of piperidine rings is 1. The Kier molecular flexibility index (Phi) is 6.38. The third kappa shape index (κ3) is 4.35. The number of nitrogens with one attached hydrogen (secondary N) is 1. The molecule has 0 saturated carbocycles. The Bertz CT molecular complexity index is 554. The maximum absolute atomic E-state index is 13.0. The number of hydrogen-bond donors (Lipinski definition) is 1. The minimum Gasteiger partial charge on any atom is -0.273 e. The first-order chi connectivity index (χ1) is 11.3. The van der Waals surface area contributed by atoms with E-state index in [1.807, 2.05) is 31.2 Å². The normalized spacial score (nSPS) is 16.6. The van der Waals surface area contributed by atoms with Crippen LogP contribution in [0.2, 0.25) is 0 Å². The maximum Gasteiger partial charge on any atom is 0.241 e. The molecule has 0 spiro atoms. The van der Waals surface area contributed by atoms with Gasteiger partial charge in [0.2, 0.25) is 5.91 Å². The van der Waals surface area contributed by atoms with Gasteiger partial charge in [-0.2, -0.15) is 0 Å². The van der Waals surface area contributed by atoms with Crippen molar-refractivity contribution in [1.29, 1.82) is 0 Å². The van der Waals surface area contributed by atoms with Crippen LogP contribution in [0.1, 0.15) is 35.1 Å². The summed E-state index contributed by atoms with van der Waals surface area (Å²) in [6.45, 7) is 8.26. The highest BCUT2D eigenvalue weighted by Crippen LogP contribution is 2.21. The third-order valence-electron chi connectivity index (χ3n) is 4.98. The number of nitrogens with zero attached hydrogens (tertiary/aromatic N) is 3. The Morgan fingerprint density at radius 1 is 1.17 bits per heavy atom. The van der Waals surface area contributed by atoms with Crippen LogP contribution >= 0.6 is 0 Å². The Hall–Kier alpha value is -1.43. The lowest BCUT2D eigenvalue weighted by molar-refractivity contribution is -0.151. The summed E-state index contributed by atoms with van der Waals surface area (Å²) in [4.78, 5) is 13.0. The highest BCUT2D eigenvalue weighted by atomic mass is 16.2. The number of aryl methyl sites for hydroxylation is 3. The fourth-order valence-electron chi connectivity index (χ4n) is 3.81. The summed E-state index contributed by atoms with van der Waals surface area (Å²) in [7, 11) is 5.90. The molecule has 0 unspecified atom stereocenters. The molecule has 1 aliphatic heterocycles. The Balaban J connectivity index is 2.13. The number of hydrogen-bond acceptors (Lipinski definition) is 4. The first-order valence-corrected chi connectivity index (χ1v) is 8.81. The van der Waals surface area contributed by atoms with E-state index >= 15 is 0 Å². The predicted octanol–water partition coefficient (Wildman–Crippen LogP) is 2.06. The Labute approximate surface area is 146 Å². The van der Waals surface area contributed by atoms with Crippen LogP contribution in [0.15, 0.2) is 12.1 Å². The van der Waals surface area contributed by atoms with Gasteiger partial charge in [0.15, 0.2) is 0 Å². The van der Waals surface area contributed by atoms with Crippen molar-refractivity contribution in [3.05, 3.63) is 34.4 Å². The fraction of sp³-hybridized carbons (Fsp3) is 0.632. The van der Waals surface area contributed by atoms with Gasteiger partial charge in [0.05, 0.1) is 12.5 Å². The highest BCUT2D eigenvalue weighted by molar-refractivity contribution is 5.79. The van der Waals surface area contributed by atoms with Gasteiger partial charge in [-0.1, -0.05) is 17.7 Å². The lowest BCUT2D eigenvalue weighted by Crippen LogP contribution is -2.54. The molecule has 0 aliphatic carbocycles. The van der Waals surface area contributed by atoms with Crippen molar-refractivity contribution in [2.75, 3.05) is 34.2 Å². The van der Waals surface area contributed by atoms with Crippen molar-refractivity contribution in [3.63, 3.8) is 0 Å². The molecule has 134 valence electrons. The molecule has 1 aliphatic rings. The number of benzene rings is 1. The van der Waals surface area contributed by atoms with Crippen LogP contribution in [0.3, 0.4) is 0 Å². The minimum atomic E-state index is 0.193. The van der Waals surface area contributed by atoms with E-state index in [9.17, 15) is 4.79 Å². The summed E-state index contributed by atoms with van der Waals surface area (Å²) in [5.74, 6) is 0.193. The maximum atomic E-state index is 13.0. The molecule has 1 amide bonds. The third-order valence-corrected chi connectivity index (χ3v) is 4.98. The summed E-state index contributed by atoms with van der Waals surface area (Å²) in [5.41, 5.74) is 8.05. The van der Waals surface area contributed by atoms with Crippen LogP contribution in [-0.4, -0.2) is 61.2 Å². The monoisotopic (exact) mass is 332 g/mol. The molecular weight excluding hydrogens is 300 g/mol. The first kappa shape index (κ1) is 18.9. The smallest absolute Gasteiger partial charge is 0.241 e. The van der Waals surface area contributed by atoms with E-state index in [2.05, 4.69) is 43.3 Å². The molecule has 1 aromatic carbocycles.